The average Bonchev–Trinajstić information content (AvgIpc) is 2.37. The third kappa shape index (κ3) is 6.54. The van der Waals surface area contributed by atoms with Crippen molar-refractivity contribution in [1.29, 1.82) is 0 Å². The summed E-state index contributed by atoms with van der Waals surface area (Å²) in [6.07, 6.45) is 1.05. The molecule has 2 unspecified atom stereocenters. The standard InChI is InChI=1S/C14H28N2O4/c1-14(2,3)20-13(19)16-6-4-5-11(9-16)7-15-8-12(18)10-17/h11-12,15,17-18H,4-10H2,1-3H3. The first kappa shape index (κ1) is 17.2. The molecule has 1 amide bonds. The number of rotatable bonds is 5. The molecule has 0 spiro atoms. The first-order chi connectivity index (χ1) is 9.31. The number of nitrogens with zero attached hydrogens (tertiary/aromatic N) is 1. The van der Waals surface area contributed by atoms with E-state index in [0.717, 1.165) is 25.9 Å². The van der Waals surface area contributed by atoms with Crippen molar-refractivity contribution in [3.63, 3.8) is 0 Å². The summed E-state index contributed by atoms with van der Waals surface area (Å²) in [6.45, 7) is 7.89. The highest BCUT2D eigenvalue weighted by Crippen LogP contribution is 2.18. The van der Waals surface area contributed by atoms with Crippen molar-refractivity contribution in [2.24, 2.45) is 5.92 Å². The molecule has 20 heavy (non-hydrogen) atoms. The van der Waals surface area contributed by atoms with Gasteiger partial charge in [-0.05, 0) is 46.1 Å². The van der Waals surface area contributed by atoms with Gasteiger partial charge in [0.1, 0.15) is 5.60 Å². The first-order valence-electron chi connectivity index (χ1n) is 7.29. The van der Waals surface area contributed by atoms with Crippen LogP contribution in [-0.4, -0.2) is 65.7 Å². The van der Waals surface area contributed by atoms with Crippen molar-refractivity contribution >= 4 is 6.09 Å². The zero-order valence-electron chi connectivity index (χ0n) is 12.8. The molecule has 1 aliphatic heterocycles. The van der Waals surface area contributed by atoms with Gasteiger partial charge in [-0.25, -0.2) is 4.79 Å². The van der Waals surface area contributed by atoms with Crippen LogP contribution >= 0.6 is 0 Å². The smallest absolute Gasteiger partial charge is 0.410 e. The Morgan fingerprint density at radius 3 is 2.80 bits per heavy atom. The maximum Gasteiger partial charge on any atom is 0.410 e. The van der Waals surface area contributed by atoms with E-state index >= 15 is 0 Å². The van der Waals surface area contributed by atoms with Gasteiger partial charge in [0, 0.05) is 19.6 Å². The molecule has 1 saturated heterocycles. The normalized spacial score (nSPS) is 21.6. The second kappa shape index (κ2) is 7.81. The van der Waals surface area contributed by atoms with Crippen molar-refractivity contribution in [3.05, 3.63) is 0 Å². The lowest BCUT2D eigenvalue weighted by Crippen LogP contribution is -2.45. The summed E-state index contributed by atoms with van der Waals surface area (Å²) in [7, 11) is 0. The van der Waals surface area contributed by atoms with Crippen molar-refractivity contribution in [1.82, 2.24) is 10.2 Å². The molecule has 2 atom stereocenters. The summed E-state index contributed by atoms with van der Waals surface area (Å²) in [5.41, 5.74) is -0.465. The molecule has 0 aromatic carbocycles. The van der Waals surface area contributed by atoms with E-state index in [-0.39, 0.29) is 12.7 Å². The Morgan fingerprint density at radius 2 is 2.20 bits per heavy atom. The minimum absolute atomic E-state index is 0.234. The maximum atomic E-state index is 12.0. The van der Waals surface area contributed by atoms with Crippen molar-refractivity contribution < 1.29 is 19.7 Å². The van der Waals surface area contributed by atoms with E-state index < -0.39 is 11.7 Å². The van der Waals surface area contributed by atoms with E-state index in [2.05, 4.69) is 5.32 Å². The van der Waals surface area contributed by atoms with Crippen LogP contribution in [0.5, 0.6) is 0 Å². The Balaban J connectivity index is 2.33. The van der Waals surface area contributed by atoms with Crippen LogP contribution in [0.1, 0.15) is 33.6 Å². The van der Waals surface area contributed by atoms with Gasteiger partial charge in [-0.2, -0.15) is 0 Å². The molecule has 1 heterocycles. The number of hydrogen-bond donors (Lipinski definition) is 3. The van der Waals surface area contributed by atoms with E-state index in [9.17, 15) is 9.90 Å². The molecule has 3 N–H and O–H groups in total. The molecule has 0 aromatic rings. The zero-order valence-corrected chi connectivity index (χ0v) is 12.8. The Bertz CT molecular complexity index is 304. The summed E-state index contributed by atoms with van der Waals surface area (Å²) >= 11 is 0. The largest absolute Gasteiger partial charge is 0.444 e. The van der Waals surface area contributed by atoms with Gasteiger partial charge in [-0.3, -0.25) is 0 Å². The quantitative estimate of drug-likeness (QED) is 0.689. The van der Waals surface area contributed by atoms with Crippen LogP contribution in [0.3, 0.4) is 0 Å². The molecular formula is C14H28N2O4. The van der Waals surface area contributed by atoms with Gasteiger partial charge in [0.25, 0.3) is 0 Å². The van der Waals surface area contributed by atoms with Gasteiger partial charge in [0.05, 0.1) is 12.7 Å². The zero-order chi connectivity index (χ0) is 15.2. The summed E-state index contributed by atoms with van der Waals surface area (Å²) < 4.78 is 5.38. The van der Waals surface area contributed by atoms with Gasteiger partial charge < -0.3 is 25.2 Å². The van der Waals surface area contributed by atoms with Gasteiger partial charge >= 0.3 is 6.09 Å². The molecule has 0 aliphatic carbocycles. The lowest BCUT2D eigenvalue weighted by molar-refractivity contribution is 0.0163. The van der Waals surface area contributed by atoms with E-state index in [1.807, 2.05) is 20.8 Å². The molecule has 6 heteroatoms. The van der Waals surface area contributed by atoms with E-state index in [4.69, 9.17) is 9.84 Å². The number of ether oxygens (including phenoxy) is 1. The summed E-state index contributed by atoms with van der Waals surface area (Å²) in [6, 6.07) is 0. The van der Waals surface area contributed by atoms with Crippen LogP contribution in [0, 0.1) is 5.92 Å². The lowest BCUT2D eigenvalue weighted by Gasteiger charge is -2.34. The fourth-order valence-electron chi connectivity index (χ4n) is 2.24. The number of likely N-dealkylation sites (tertiary alicyclic amines) is 1. The first-order valence-corrected chi connectivity index (χ1v) is 7.29. The summed E-state index contributed by atoms with van der Waals surface area (Å²) in [5.74, 6) is 0.363. The molecule has 6 nitrogen and oxygen atoms in total. The Hall–Kier alpha value is -0.850. The Morgan fingerprint density at radius 1 is 1.50 bits per heavy atom. The molecule has 0 aromatic heterocycles. The predicted octanol–water partition coefficient (Wildman–Crippen LogP) is 0.576. The number of nitrogens with one attached hydrogen (secondary N) is 1. The minimum Gasteiger partial charge on any atom is -0.444 e. The van der Waals surface area contributed by atoms with Crippen LogP contribution in [0.2, 0.25) is 0 Å². The third-order valence-corrected chi connectivity index (χ3v) is 3.19. The Kier molecular flexibility index (Phi) is 6.71. The predicted molar refractivity (Wildman–Crippen MR) is 76.5 cm³/mol. The number of amides is 1. The lowest BCUT2D eigenvalue weighted by atomic mass is 9.98. The molecule has 1 aliphatic rings. The van der Waals surface area contributed by atoms with Crippen LogP contribution in [0.25, 0.3) is 0 Å². The van der Waals surface area contributed by atoms with Crippen molar-refractivity contribution in [2.75, 3.05) is 32.8 Å². The topological polar surface area (TPSA) is 82.0 Å². The highest BCUT2D eigenvalue weighted by Gasteiger charge is 2.27. The highest BCUT2D eigenvalue weighted by atomic mass is 16.6. The number of piperidine rings is 1. The van der Waals surface area contributed by atoms with E-state index in [1.54, 1.807) is 4.90 Å². The number of carbonyl (C=O) groups excluding carboxylic acids is 1. The number of aliphatic hydroxyl groups is 2. The number of hydrogen-bond acceptors (Lipinski definition) is 5. The Labute approximate surface area is 121 Å². The van der Waals surface area contributed by atoms with Gasteiger partial charge in [-0.15, -0.1) is 0 Å². The SMILES string of the molecule is CC(C)(C)OC(=O)N1CCCC(CNCC(O)CO)C1. The summed E-state index contributed by atoms with van der Waals surface area (Å²) in [4.78, 5) is 13.8. The molecule has 118 valence electrons. The number of aliphatic hydroxyl groups excluding tert-OH is 2. The summed E-state index contributed by atoms with van der Waals surface area (Å²) in [5, 5.41) is 21.1. The van der Waals surface area contributed by atoms with Crippen LogP contribution < -0.4 is 5.32 Å². The molecule has 0 radical (unpaired) electrons. The molecule has 1 rings (SSSR count). The van der Waals surface area contributed by atoms with Crippen LogP contribution in [0.15, 0.2) is 0 Å². The van der Waals surface area contributed by atoms with Gasteiger partial charge in [0.15, 0.2) is 0 Å². The van der Waals surface area contributed by atoms with E-state index in [0.29, 0.717) is 19.0 Å². The van der Waals surface area contributed by atoms with E-state index in [1.165, 1.54) is 0 Å². The van der Waals surface area contributed by atoms with Crippen LogP contribution in [0.4, 0.5) is 4.79 Å². The van der Waals surface area contributed by atoms with Crippen molar-refractivity contribution in [3.8, 4) is 0 Å². The third-order valence-electron chi connectivity index (χ3n) is 3.19. The second-order valence-electron chi connectivity index (χ2n) is 6.43. The fraction of sp³-hybridized carbons (Fsp3) is 0.929. The van der Waals surface area contributed by atoms with Crippen LogP contribution in [-0.2, 0) is 4.74 Å². The van der Waals surface area contributed by atoms with Gasteiger partial charge in [0.2, 0.25) is 0 Å². The fourth-order valence-corrected chi connectivity index (χ4v) is 2.24. The second-order valence-corrected chi connectivity index (χ2v) is 6.43. The number of carbonyl (C=O) groups is 1. The maximum absolute atomic E-state index is 12.0. The van der Waals surface area contributed by atoms with Gasteiger partial charge in [-0.1, -0.05) is 0 Å². The average molecular weight is 288 g/mol. The van der Waals surface area contributed by atoms with Crippen molar-refractivity contribution in [2.45, 2.75) is 45.3 Å². The molecular weight excluding hydrogens is 260 g/mol. The molecule has 0 saturated carbocycles. The monoisotopic (exact) mass is 288 g/mol. The molecule has 0 bridgehead atoms. The minimum atomic E-state index is -0.722. The molecule has 1 fully saturated rings. The highest BCUT2D eigenvalue weighted by molar-refractivity contribution is 5.68.